The van der Waals surface area contributed by atoms with Crippen LogP contribution in [-0.4, -0.2) is 72.9 Å². The maximum Gasteiger partial charge on any atom is 0.522 e. The van der Waals surface area contributed by atoms with Crippen LogP contribution < -0.4 is 9.47 Å². The molecule has 4 rings (SSSR count). The molecule has 0 radical (unpaired) electrons. The molecule has 0 saturated carbocycles. The van der Waals surface area contributed by atoms with Crippen molar-refractivity contribution in [2.24, 2.45) is 0 Å². The van der Waals surface area contributed by atoms with Gasteiger partial charge in [-0.2, -0.15) is 0 Å². The van der Waals surface area contributed by atoms with E-state index in [1.54, 1.807) is 11.8 Å². The third-order valence-corrected chi connectivity index (χ3v) is 6.29. The Bertz CT molecular complexity index is 1020. The quantitative estimate of drug-likeness (QED) is 0.507. The summed E-state index contributed by atoms with van der Waals surface area (Å²) in [6.45, 7) is 3.65. The predicted molar refractivity (Wildman–Crippen MR) is 113 cm³/mol. The van der Waals surface area contributed by atoms with Gasteiger partial charge in [0, 0.05) is 18.3 Å². The topological polar surface area (TPSA) is 92.2 Å². The second-order valence-corrected chi connectivity index (χ2v) is 8.70. The zero-order valence-corrected chi connectivity index (χ0v) is 19.4. The molecular formula is C21H24F3N3O6S. The molecule has 2 aliphatic heterocycles. The van der Waals surface area contributed by atoms with Crippen molar-refractivity contribution in [1.82, 2.24) is 14.9 Å². The first-order valence-corrected chi connectivity index (χ1v) is 11.5. The molecular weight excluding hydrogens is 479 g/mol. The largest absolute Gasteiger partial charge is 0.522 e. The van der Waals surface area contributed by atoms with Crippen LogP contribution in [-0.2, 0) is 19.8 Å². The summed E-state index contributed by atoms with van der Waals surface area (Å²) in [4.78, 5) is 23.6. The van der Waals surface area contributed by atoms with Crippen molar-refractivity contribution in [3.05, 3.63) is 33.9 Å². The Balaban J connectivity index is 1.44. The first-order valence-electron chi connectivity index (χ1n) is 10.7. The molecule has 13 heteroatoms. The Hall–Kier alpha value is -2.48. The van der Waals surface area contributed by atoms with Gasteiger partial charge in [-0.1, -0.05) is 0 Å². The number of alkyl halides is 3. The molecule has 2 fully saturated rings. The number of hydrogen-bond donors (Lipinski definition) is 0. The SMILES string of the molecule is CCOc1nc(C(=O)N2CCC3(c4csc(C)n4)OCOC3C2)ccc1OCCOC(F)(F)F. The van der Waals surface area contributed by atoms with Gasteiger partial charge in [-0.05, 0) is 26.0 Å². The normalized spacial score (nSPS) is 22.5. The fourth-order valence-corrected chi connectivity index (χ4v) is 4.64. The van der Waals surface area contributed by atoms with Crippen LogP contribution in [0.1, 0.15) is 34.5 Å². The van der Waals surface area contributed by atoms with E-state index in [0.717, 1.165) is 10.7 Å². The molecule has 9 nitrogen and oxygen atoms in total. The van der Waals surface area contributed by atoms with E-state index >= 15 is 0 Å². The number of carbonyl (C=O) groups is 1. The molecule has 0 N–H and O–H groups in total. The summed E-state index contributed by atoms with van der Waals surface area (Å²) in [5.74, 6) is -0.190. The summed E-state index contributed by atoms with van der Waals surface area (Å²) in [5.41, 5.74) is 0.261. The minimum atomic E-state index is -4.74. The number of ether oxygens (including phenoxy) is 5. The third kappa shape index (κ3) is 5.27. The van der Waals surface area contributed by atoms with Crippen molar-refractivity contribution in [2.75, 3.05) is 39.7 Å². The van der Waals surface area contributed by atoms with E-state index < -0.39 is 18.6 Å². The number of likely N-dealkylation sites (tertiary alicyclic amines) is 1. The minimum absolute atomic E-state index is 0.0186. The molecule has 2 aromatic rings. The zero-order valence-electron chi connectivity index (χ0n) is 18.6. The fourth-order valence-electron chi connectivity index (χ4n) is 3.95. The number of amides is 1. The van der Waals surface area contributed by atoms with Crippen LogP contribution in [0, 0.1) is 6.92 Å². The molecule has 2 unspecified atom stereocenters. The number of carbonyl (C=O) groups excluding carboxylic acids is 1. The highest BCUT2D eigenvalue weighted by atomic mass is 32.1. The minimum Gasteiger partial charge on any atom is -0.486 e. The van der Waals surface area contributed by atoms with Crippen molar-refractivity contribution in [3.8, 4) is 11.6 Å². The maximum atomic E-state index is 13.2. The lowest BCUT2D eigenvalue weighted by Crippen LogP contribution is -2.53. The fraction of sp³-hybridized carbons (Fsp3) is 0.571. The van der Waals surface area contributed by atoms with E-state index in [-0.39, 0.29) is 49.3 Å². The lowest BCUT2D eigenvalue weighted by atomic mass is 9.86. The number of halogens is 3. The number of fused-ring (bicyclic) bond motifs is 1. The molecule has 0 bridgehead atoms. The molecule has 2 atom stereocenters. The standard InChI is InChI=1S/C21H24F3N3O6S/c1-3-29-18-15(30-8-9-32-21(22,23)24)5-4-14(26-18)19(28)27-7-6-20(16-11-34-13(2)25-16)17(10-27)31-12-33-20/h4-5,11,17H,3,6-10,12H2,1-2H3. The van der Waals surface area contributed by atoms with E-state index in [1.165, 1.54) is 23.5 Å². The summed E-state index contributed by atoms with van der Waals surface area (Å²) in [5, 5.41) is 2.89. The van der Waals surface area contributed by atoms with Gasteiger partial charge in [-0.25, -0.2) is 9.97 Å². The van der Waals surface area contributed by atoms with Gasteiger partial charge in [-0.3, -0.25) is 9.53 Å². The number of thiazole rings is 1. The highest BCUT2D eigenvalue weighted by molar-refractivity contribution is 7.09. The van der Waals surface area contributed by atoms with E-state index in [1.807, 2.05) is 12.3 Å². The predicted octanol–water partition coefficient (Wildman–Crippen LogP) is 3.27. The van der Waals surface area contributed by atoms with Crippen molar-refractivity contribution in [3.63, 3.8) is 0 Å². The van der Waals surface area contributed by atoms with Crippen LogP contribution >= 0.6 is 11.3 Å². The van der Waals surface area contributed by atoms with Crippen molar-refractivity contribution in [1.29, 1.82) is 0 Å². The monoisotopic (exact) mass is 503 g/mol. The molecule has 4 heterocycles. The molecule has 2 saturated heterocycles. The summed E-state index contributed by atoms with van der Waals surface area (Å²) < 4.78 is 62.6. The highest BCUT2D eigenvalue weighted by Gasteiger charge is 2.52. The van der Waals surface area contributed by atoms with Gasteiger partial charge in [0.2, 0.25) is 0 Å². The average Bonchev–Trinajstić information content (AvgIpc) is 3.43. The molecule has 0 aliphatic carbocycles. The summed E-state index contributed by atoms with van der Waals surface area (Å²) >= 11 is 1.53. The van der Waals surface area contributed by atoms with Crippen LogP contribution in [0.15, 0.2) is 17.5 Å². The summed E-state index contributed by atoms with van der Waals surface area (Å²) in [7, 11) is 0. The lowest BCUT2D eigenvalue weighted by molar-refractivity contribution is -0.325. The van der Waals surface area contributed by atoms with Crippen LogP contribution in [0.5, 0.6) is 11.6 Å². The Kier molecular flexibility index (Phi) is 7.26. The third-order valence-electron chi connectivity index (χ3n) is 5.52. The number of piperidine rings is 1. The molecule has 1 amide bonds. The number of pyridine rings is 1. The van der Waals surface area contributed by atoms with Gasteiger partial charge in [0.1, 0.15) is 30.8 Å². The number of hydrogen-bond acceptors (Lipinski definition) is 9. The average molecular weight is 503 g/mol. The van der Waals surface area contributed by atoms with Crippen molar-refractivity contribution < 1.29 is 41.7 Å². The molecule has 2 aliphatic rings. The van der Waals surface area contributed by atoms with Gasteiger partial charge in [0.15, 0.2) is 5.75 Å². The van der Waals surface area contributed by atoms with E-state index in [4.69, 9.17) is 18.9 Å². The number of aromatic nitrogens is 2. The van der Waals surface area contributed by atoms with Gasteiger partial charge >= 0.3 is 6.36 Å². The first-order chi connectivity index (χ1) is 16.2. The zero-order chi connectivity index (χ0) is 24.3. The smallest absolute Gasteiger partial charge is 0.486 e. The Morgan fingerprint density at radius 3 is 2.82 bits per heavy atom. The molecule has 0 spiro atoms. The van der Waals surface area contributed by atoms with E-state index in [2.05, 4.69) is 14.7 Å². The van der Waals surface area contributed by atoms with Crippen molar-refractivity contribution in [2.45, 2.75) is 38.3 Å². The first kappa shape index (κ1) is 24.6. The van der Waals surface area contributed by atoms with Gasteiger partial charge in [-0.15, -0.1) is 24.5 Å². The Morgan fingerprint density at radius 2 is 2.12 bits per heavy atom. The maximum absolute atomic E-state index is 13.2. The highest BCUT2D eigenvalue weighted by Crippen LogP contribution is 2.43. The van der Waals surface area contributed by atoms with Crippen LogP contribution in [0.4, 0.5) is 13.2 Å². The number of nitrogens with zero attached hydrogens (tertiary/aromatic N) is 3. The van der Waals surface area contributed by atoms with E-state index in [0.29, 0.717) is 19.5 Å². The van der Waals surface area contributed by atoms with Crippen LogP contribution in [0.2, 0.25) is 0 Å². The number of aryl methyl sites for hydroxylation is 1. The summed E-state index contributed by atoms with van der Waals surface area (Å²) in [6.07, 6.45) is -4.58. The van der Waals surface area contributed by atoms with Gasteiger partial charge in [0.25, 0.3) is 11.8 Å². The molecule has 0 aromatic carbocycles. The van der Waals surface area contributed by atoms with Crippen LogP contribution in [0.25, 0.3) is 0 Å². The lowest BCUT2D eigenvalue weighted by Gasteiger charge is -2.40. The molecule has 2 aromatic heterocycles. The second kappa shape index (κ2) is 10.0. The van der Waals surface area contributed by atoms with Gasteiger partial charge < -0.3 is 23.8 Å². The van der Waals surface area contributed by atoms with Gasteiger partial charge in [0.05, 0.1) is 30.5 Å². The molecule has 34 heavy (non-hydrogen) atoms. The van der Waals surface area contributed by atoms with Crippen molar-refractivity contribution >= 4 is 17.2 Å². The summed E-state index contributed by atoms with van der Waals surface area (Å²) in [6, 6.07) is 2.89. The second-order valence-electron chi connectivity index (χ2n) is 7.64. The van der Waals surface area contributed by atoms with E-state index in [9.17, 15) is 18.0 Å². The molecule has 186 valence electrons. The number of rotatable bonds is 8. The Morgan fingerprint density at radius 1 is 1.29 bits per heavy atom. The Labute approximate surface area is 197 Å². The van der Waals surface area contributed by atoms with Crippen LogP contribution in [0.3, 0.4) is 0 Å².